The first-order chi connectivity index (χ1) is 15.3. The highest BCUT2D eigenvalue weighted by molar-refractivity contribution is 7.81. The number of rotatable bonds is 10. The van der Waals surface area contributed by atoms with Crippen LogP contribution in [0.25, 0.3) is 0 Å². The highest BCUT2D eigenvalue weighted by atomic mass is 32.3. The van der Waals surface area contributed by atoms with Gasteiger partial charge >= 0.3 is 10.4 Å². The summed E-state index contributed by atoms with van der Waals surface area (Å²) >= 11 is 0. The van der Waals surface area contributed by atoms with E-state index in [-0.39, 0.29) is 17.4 Å². The van der Waals surface area contributed by atoms with Crippen molar-refractivity contribution in [2.75, 3.05) is 27.3 Å². The molecule has 0 spiro atoms. The Bertz CT molecular complexity index is 1110. The first kappa shape index (κ1) is 26.8. The molecule has 2 aromatic rings. The van der Waals surface area contributed by atoms with Gasteiger partial charge < -0.3 is 18.8 Å². The molecule has 2 rings (SSSR count). The van der Waals surface area contributed by atoms with Crippen molar-refractivity contribution in [2.24, 2.45) is 0 Å². The minimum Gasteiger partial charge on any atom is -0.508 e. The van der Waals surface area contributed by atoms with Gasteiger partial charge in [0.2, 0.25) is 0 Å². The predicted molar refractivity (Wildman–Crippen MR) is 128 cm³/mol. The maximum Gasteiger partial charge on any atom is 0.446 e. The number of benzene rings is 2. The largest absolute Gasteiger partial charge is 0.508 e. The van der Waals surface area contributed by atoms with Gasteiger partial charge in [-0.2, -0.15) is 8.42 Å². The average molecular weight is 482 g/mol. The molecule has 0 aliphatic heterocycles. The van der Waals surface area contributed by atoms with Gasteiger partial charge in [0.15, 0.2) is 5.75 Å². The number of aromatic hydroxyl groups is 1. The van der Waals surface area contributed by atoms with E-state index >= 15 is 0 Å². The third kappa shape index (κ3) is 6.52. The van der Waals surface area contributed by atoms with Crippen LogP contribution >= 0.6 is 0 Å². The number of likely N-dealkylation sites (N-methyl/N-ethyl adjacent to an activating group) is 1. The predicted octanol–water partition coefficient (Wildman–Crippen LogP) is 4.45. The Balaban J connectivity index is 2.22. The van der Waals surface area contributed by atoms with E-state index in [9.17, 15) is 18.1 Å². The number of hydrogen-bond donors (Lipinski definition) is 2. The van der Waals surface area contributed by atoms with Crippen LogP contribution in [0.1, 0.15) is 53.1 Å². The Morgan fingerprint density at radius 3 is 2.18 bits per heavy atom. The summed E-state index contributed by atoms with van der Waals surface area (Å²) in [5.41, 5.74) is 4.37. The molecule has 8 nitrogen and oxygen atoms in total. The van der Waals surface area contributed by atoms with E-state index < -0.39 is 10.4 Å². The van der Waals surface area contributed by atoms with E-state index in [2.05, 4.69) is 0 Å². The maximum atomic E-state index is 11.4. The van der Waals surface area contributed by atoms with Crippen molar-refractivity contribution in [3.8, 4) is 23.0 Å². The van der Waals surface area contributed by atoms with Gasteiger partial charge in [-0.05, 0) is 69.5 Å². The van der Waals surface area contributed by atoms with Crippen molar-refractivity contribution in [3.63, 3.8) is 0 Å². The molecule has 0 saturated carbocycles. The van der Waals surface area contributed by atoms with Crippen LogP contribution in [-0.4, -0.2) is 50.3 Å². The van der Waals surface area contributed by atoms with Crippen molar-refractivity contribution in [1.82, 2.24) is 4.90 Å². The molecule has 0 aliphatic rings. The second-order valence-electron chi connectivity index (χ2n) is 8.64. The molecule has 0 aliphatic carbocycles. The van der Waals surface area contributed by atoms with E-state index in [1.807, 2.05) is 45.7 Å². The summed E-state index contributed by atoms with van der Waals surface area (Å²) < 4.78 is 48.5. The molecule has 9 heteroatoms. The smallest absolute Gasteiger partial charge is 0.446 e. The first-order valence-corrected chi connectivity index (χ1v) is 12.1. The molecule has 33 heavy (non-hydrogen) atoms. The number of hydrogen-bond acceptors (Lipinski definition) is 7. The van der Waals surface area contributed by atoms with Crippen LogP contribution in [-0.2, 0) is 16.9 Å². The maximum absolute atomic E-state index is 11.4. The lowest BCUT2D eigenvalue weighted by molar-refractivity contribution is 0.228. The van der Waals surface area contributed by atoms with Gasteiger partial charge in [-0.3, -0.25) is 9.45 Å². The quantitative estimate of drug-likeness (QED) is 0.480. The van der Waals surface area contributed by atoms with Crippen LogP contribution in [0.5, 0.6) is 23.0 Å². The summed E-state index contributed by atoms with van der Waals surface area (Å²) in [4.78, 5) is 2.03. The van der Waals surface area contributed by atoms with Crippen molar-refractivity contribution >= 4 is 10.4 Å². The van der Waals surface area contributed by atoms with Crippen molar-refractivity contribution in [2.45, 2.75) is 54.0 Å². The minimum atomic E-state index is -4.66. The molecule has 0 radical (unpaired) electrons. The SMILES string of the molecule is COc1c(C)c(C)c(OS(=O)(=O)O)c(C)c1CN(C)CCOc1cc(C)c(O)cc1C(C)C. The molecule has 0 heterocycles. The summed E-state index contributed by atoms with van der Waals surface area (Å²) in [7, 11) is -1.17. The summed E-state index contributed by atoms with van der Waals surface area (Å²) in [6, 6.07) is 3.60. The molecule has 2 aromatic carbocycles. The normalized spacial score (nSPS) is 11.8. The molecule has 2 N–H and O–H groups in total. The Kier molecular flexibility index (Phi) is 8.62. The zero-order valence-corrected chi connectivity index (χ0v) is 21.5. The van der Waals surface area contributed by atoms with Gasteiger partial charge in [-0.15, -0.1) is 0 Å². The zero-order chi connectivity index (χ0) is 25.1. The second-order valence-corrected chi connectivity index (χ2v) is 9.67. The summed E-state index contributed by atoms with van der Waals surface area (Å²) in [5.74, 6) is 1.96. The number of phenols is 1. The molecule has 0 bridgehead atoms. The highest BCUT2D eigenvalue weighted by Gasteiger charge is 2.23. The van der Waals surface area contributed by atoms with E-state index in [1.54, 1.807) is 27.0 Å². The average Bonchev–Trinajstić information content (AvgIpc) is 2.71. The third-order valence-electron chi connectivity index (χ3n) is 5.81. The molecule has 0 aromatic heterocycles. The molecule has 0 fully saturated rings. The standard InChI is InChI=1S/C24H35NO7S/c1-14(2)19-12-21(26)15(3)11-22(19)31-10-9-25(7)13-20-18(6)23(32-33(27,28)29)16(4)17(5)24(20)30-8/h11-12,14,26H,9-10,13H2,1-8H3,(H,27,28,29). The number of nitrogens with zero attached hydrogens (tertiary/aromatic N) is 1. The highest BCUT2D eigenvalue weighted by Crippen LogP contribution is 2.39. The van der Waals surface area contributed by atoms with Gasteiger partial charge in [0, 0.05) is 29.8 Å². The third-order valence-corrected chi connectivity index (χ3v) is 6.19. The Morgan fingerprint density at radius 2 is 1.64 bits per heavy atom. The van der Waals surface area contributed by atoms with Crippen LogP contribution in [0.2, 0.25) is 0 Å². The number of aryl methyl sites for hydroxylation is 1. The van der Waals surface area contributed by atoms with Crippen LogP contribution in [0.15, 0.2) is 12.1 Å². The molecular formula is C24H35NO7S. The van der Waals surface area contributed by atoms with E-state index in [1.165, 1.54) is 0 Å². The number of ether oxygens (including phenoxy) is 2. The van der Waals surface area contributed by atoms with Gasteiger partial charge in [0.25, 0.3) is 0 Å². The van der Waals surface area contributed by atoms with Gasteiger partial charge in [-0.1, -0.05) is 13.8 Å². The lowest BCUT2D eigenvalue weighted by atomic mass is 9.97. The summed E-state index contributed by atoms with van der Waals surface area (Å²) in [6.45, 7) is 12.7. The zero-order valence-electron chi connectivity index (χ0n) is 20.6. The fraction of sp³-hybridized carbons (Fsp3) is 0.500. The lowest BCUT2D eigenvalue weighted by Crippen LogP contribution is -2.25. The van der Waals surface area contributed by atoms with Gasteiger partial charge in [-0.25, -0.2) is 0 Å². The van der Waals surface area contributed by atoms with Crippen molar-refractivity contribution in [1.29, 1.82) is 0 Å². The van der Waals surface area contributed by atoms with Gasteiger partial charge in [0.05, 0.1) is 7.11 Å². The molecule has 0 unspecified atom stereocenters. The fourth-order valence-corrected chi connectivity index (χ4v) is 4.24. The first-order valence-electron chi connectivity index (χ1n) is 10.7. The summed E-state index contributed by atoms with van der Waals surface area (Å²) in [5, 5.41) is 10.0. The topological polar surface area (TPSA) is 106 Å². The molecule has 0 saturated heterocycles. The number of methoxy groups -OCH3 is 1. The minimum absolute atomic E-state index is 0.108. The van der Waals surface area contributed by atoms with E-state index in [4.69, 9.17) is 13.7 Å². The summed E-state index contributed by atoms with van der Waals surface area (Å²) in [6.07, 6.45) is 0. The second kappa shape index (κ2) is 10.6. The monoisotopic (exact) mass is 481 g/mol. The van der Waals surface area contributed by atoms with E-state index in [0.29, 0.717) is 36.6 Å². The van der Waals surface area contributed by atoms with Crippen molar-refractivity contribution in [3.05, 3.63) is 45.5 Å². The van der Waals surface area contributed by atoms with E-state index in [0.717, 1.165) is 28.0 Å². The number of phenolic OH excluding ortho intramolecular Hbond substituents is 1. The van der Waals surface area contributed by atoms with Crippen LogP contribution in [0, 0.1) is 27.7 Å². The lowest BCUT2D eigenvalue weighted by Gasteiger charge is -2.24. The molecule has 0 amide bonds. The Hall–Kier alpha value is -2.49. The Morgan fingerprint density at radius 1 is 1.03 bits per heavy atom. The van der Waals surface area contributed by atoms with Crippen LogP contribution < -0.4 is 13.7 Å². The Labute approximate surface area is 197 Å². The van der Waals surface area contributed by atoms with Crippen LogP contribution in [0.4, 0.5) is 0 Å². The molecule has 184 valence electrons. The van der Waals surface area contributed by atoms with Gasteiger partial charge in [0.1, 0.15) is 23.9 Å². The van der Waals surface area contributed by atoms with Crippen molar-refractivity contribution < 1.29 is 31.7 Å². The molecular weight excluding hydrogens is 446 g/mol. The van der Waals surface area contributed by atoms with Crippen LogP contribution in [0.3, 0.4) is 0 Å². The molecule has 0 atom stereocenters. The fourth-order valence-electron chi connectivity index (χ4n) is 3.78.